The number of aryl methyl sites for hydroxylation is 1. The number of hydrogen-bond acceptors (Lipinski definition) is 2. The Morgan fingerprint density at radius 2 is 2.29 bits per heavy atom. The lowest BCUT2D eigenvalue weighted by atomic mass is 9.85. The van der Waals surface area contributed by atoms with Crippen LogP contribution in [0.4, 0.5) is 5.69 Å². The Morgan fingerprint density at radius 1 is 1.52 bits per heavy atom. The van der Waals surface area contributed by atoms with E-state index in [9.17, 15) is 4.79 Å². The largest absolute Gasteiger partial charge is 0.325 e. The lowest BCUT2D eigenvalue weighted by molar-refractivity contribution is -0.117. The van der Waals surface area contributed by atoms with Gasteiger partial charge in [-0.2, -0.15) is 0 Å². The Kier molecular flexibility index (Phi) is 7.50. The van der Waals surface area contributed by atoms with Gasteiger partial charge in [-0.1, -0.05) is 24.6 Å². The maximum absolute atomic E-state index is 12.1. The van der Waals surface area contributed by atoms with Crippen LogP contribution in [-0.4, -0.2) is 19.0 Å². The Hall–Kier alpha value is -0.770. The lowest BCUT2D eigenvalue weighted by Crippen LogP contribution is -2.34. The van der Waals surface area contributed by atoms with Crippen molar-refractivity contribution >= 4 is 35.6 Å². The van der Waals surface area contributed by atoms with Crippen molar-refractivity contribution in [3.8, 4) is 0 Å². The predicted octanol–water partition coefficient (Wildman–Crippen LogP) is 4.03. The molecule has 1 aromatic carbocycles. The summed E-state index contributed by atoms with van der Waals surface area (Å²) in [5, 5.41) is 6.93. The summed E-state index contributed by atoms with van der Waals surface area (Å²) in [6.07, 6.45) is 2.98. The number of piperidine rings is 1. The van der Waals surface area contributed by atoms with Gasteiger partial charge in [0.05, 0.1) is 10.7 Å². The molecule has 1 heterocycles. The summed E-state index contributed by atoms with van der Waals surface area (Å²) in [4.78, 5) is 12.1. The monoisotopic (exact) mass is 330 g/mol. The van der Waals surface area contributed by atoms with E-state index in [1.54, 1.807) is 0 Å². The molecule has 0 aromatic heterocycles. The van der Waals surface area contributed by atoms with Crippen molar-refractivity contribution in [3.63, 3.8) is 0 Å². The standard InChI is InChI=1S/C16H23ClN2O.ClH/c1-11-5-6-14(17)15(8-11)19-16(20)9-12(2)13-4-3-7-18-10-13;/h5-6,8,12-13,18H,3-4,7,9-10H2,1-2H3,(H,19,20);1H. The van der Waals surface area contributed by atoms with E-state index in [0.717, 1.165) is 18.7 Å². The van der Waals surface area contributed by atoms with Crippen LogP contribution in [-0.2, 0) is 4.79 Å². The Bertz CT molecular complexity index is 473. The second kappa shape index (κ2) is 8.62. The third-order valence-electron chi connectivity index (χ3n) is 4.04. The summed E-state index contributed by atoms with van der Waals surface area (Å²) in [5.74, 6) is 1.05. The summed E-state index contributed by atoms with van der Waals surface area (Å²) in [5.41, 5.74) is 1.81. The highest BCUT2D eigenvalue weighted by Crippen LogP contribution is 2.25. The first kappa shape index (κ1) is 18.3. The SMILES string of the molecule is Cc1ccc(Cl)c(NC(=O)CC(C)C2CCCNC2)c1.Cl. The normalized spacial score (nSPS) is 19.5. The molecule has 0 radical (unpaired) electrons. The van der Waals surface area contributed by atoms with E-state index >= 15 is 0 Å². The van der Waals surface area contributed by atoms with Crippen molar-refractivity contribution in [2.75, 3.05) is 18.4 Å². The summed E-state index contributed by atoms with van der Waals surface area (Å²) in [6.45, 7) is 6.28. The number of nitrogens with one attached hydrogen (secondary N) is 2. The first-order valence-electron chi connectivity index (χ1n) is 7.33. The van der Waals surface area contributed by atoms with Gasteiger partial charge >= 0.3 is 0 Å². The van der Waals surface area contributed by atoms with Crippen molar-refractivity contribution in [1.82, 2.24) is 5.32 Å². The van der Waals surface area contributed by atoms with Gasteiger partial charge < -0.3 is 10.6 Å². The predicted molar refractivity (Wildman–Crippen MR) is 91.4 cm³/mol. The summed E-state index contributed by atoms with van der Waals surface area (Å²) in [7, 11) is 0. The van der Waals surface area contributed by atoms with Crippen LogP contribution in [0.1, 0.15) is 31.7 Å². The minimum Gasteiger partial charge on any atom is -0.325 e. The average Bonchev–Trinajstić information content (AvgIpc) is 2.43. The van der Waals surface area contributed by atoms with Crippen LogP contribution in [0.15, 0.2) is 18.2 Å². The lowest BCUT2D eigenvalue weighted by Gasteiger charge is -2.28. The molecule has 2 atom stereocenters. The van der Waals surface area contributed by atoms with E-state index < -0.39 is 0 Å². The van der Waals surface area contributed by atoms with Crippen molar-refractivity contribution in [2.24, 2.45) is 11.8 Å². The van der Waals surface area contributed by atoms with Gasteiger partial charge in [-0.15, -0.1) is 12.4 Å². The fraction of sp³-hybridized carbons (Fsp3) is 0.562. The average molecular weight is 331 g/mol. The number of rotatable bonds is 4. The molecule has 1 amide bonds. The van der Waals surface area contributed by atoms with Crippen LogP contribution in [0.3, 0.4) is 0 Å². The van der Waals surface area contributed by atoms with Gasteiger partial charge in [-0.3, -0.25) is 4.79 Å². The van der Waals surface area contributed by atoms with Gasteiger partial charge in [0.2, 0.25) is 5.91 Å². The number of anilines is 1. The molecule has 5 heteroatoms. The molecule has 1 saturated heterocycles. The maximum atomic E-state index is 12.1. The fourth-order valence-electron chi connectivity index (χ4n) is 2.76. The Balaban J connectivity index is 0.00000220. The number of carbonyl (C=O) groups excluding carboxylic acids is 1. The van der Waals surface area contributed by atoms with E-state index in [2.05, 4.69) is 17.6 Å². The van der Waals surface area contributed by atoms with E-state index in [-0.39, 0.29) is 18.3 Å². The van der Waals surface area contributed by atoms with Gasteiger partial charge in [-0.05, 0) is 62.4 Å². The summed E-state index contributed by atoms with van der Waals surface area (Å²) >= 11 is 6.10. The van der Waals surface area contributed by atoms with Crippen LogP contribution < -0.4 is 10.6 Å². The van der Waals surface area contributed by atoms with Crippen molar-refractivity contribution in [2.45, 2.75) is 33.1 Å². The van der Waals surface area contributed by atoms with Crippen LogP contribution >= 0.6 is 24.0 Å². The molecule has 0 saturated carbocycles. The molecular weight excluding hydrogens is 307 g/mol. The number of carbonyl (C=O) groups is 1. The van der Waals surface area contributed by atoms with E-state index in [1.807, 2.05) is 25.1 Å². The zero-order valence-corrected chi connectivity index (χ0v) is 14.2. The van der Waals surface area contributed by atoms with Gasteiger partial charge in [0, 0.05) is 6.42 Å². The topological polar surface area (TPSA) is 41.1 Å². The van der Waals surface area contributed by atoms with E-state index in [4.69, 9.17) is 11.6 Å². The van der Waals surface area contributed by atoms with Crippen LogP contribution in [0.2, 0.25) is 5.02 Å². The quantitative estimate of drug-likeness (QED) is 0.874. The van der Waals surface area contributed by atoms with Gasteiger partial charge in [0.15, 0.2) is 0 Å². The molecule has 118 valence electrons. The van der Waals surface area contributed by atoms with Crippen LogP contribution in [0.5, 0.6) is 0 Å². The third kappa shape index (κ3) is 5.50. The summed E-state index contributed by atoms with van der Waals surface area (Å²) in [6, 6.07) is 5.67. The first-order valence-corrected chi connectivity index (χ1v) is 7.71. The van der Waals surface area contributed by atoms with Crippen LogP contribution in [0.25, 0.3) is 0 Å². The van der Waals surface area contributed by atoms with Gasteiger partial charge in [0.25, 0.3) is 0 Å². The molecule has 0 bridgehead atoms. The summed E-state index contributed by atoms with van der Waals surface area (Å²) < 4.78 is 0. The van der Waals surface area contributed by atoms with E-state index in [1.165, 1.54) is 12.8 Å². The second-order valence-corrected chi connectivity index (χ2v) is 6.23. The fourth-order valence-corrected chi connectivity index (χ4v) is 2.92. The van der Waals surface area contributed by atoms with Crippen molar-refractivity contribution in [1.29, 1.82) is 0 Å². The number of halogens is 2. The van der Waals surface area contributed by atoms with Gasteiger partial charge in [-0.25, -0.2) is 0 Å². The molecule has 0 aliphatic carbocycles. The molecule has 1 fully saturated rings. The Morgan fingerprint density at radius 3 is 2.95 bits per heavy atom. The molecule has 1 aliphatic heterocycles. The number of amides is 1. The minimum atomic E-state index is 0. The maximum Gasteiger partial charge on any atom is 0.224 e. The highest BCUT2D eigenvalue weighted by Gasteiger charge is 2.22. The zero-order valence-electron chi connectivity index (χ0n) is 12.6. The molecule has 2 N–H and O–H groups in total. The second-order valence-electron chi connectivity index (χ2n) is 5.82. The van der Waals surface area contributed by atoms with E-state index in [0.29, 0.717) is 29.0 Å². The molecule has 1 aliphatic rings. The number of benzene rings is 1. The highest BCUT2D eigenvalue weighted by atomic mass is 35.5. The number of hydrogen-bond donors (Lipinski definition) is 2. The molecule has 3 nitrogen and oxygen atoms in total. The highest BCUT2D eigenvalue weighted by molar-refractivity contribution is 6.33. The third-order valence-corrected chi connectivity index (χ3v) is 4.37. The molecule has 2 rings (SSSR count). The van der Waals surface area contributed by atoms with Gasteiger partial charge in [0.1, 0.15) is 0 Å². The molecule has 2 unspecified atom stereocenters. The molecule has 1 aromatic rings. The molecule has 0 spiro atoms. The van der Waals surface area contributed by atoms with Crippen molar-refractivity contribution < 1.29 is 4.79 Å². The molecule has 21 heavy (non-hydrogen) atoms. The zero-order chi connectivity index (χ0) is 14.5. The minimum absolute atomic E-state index is 0. The van der Waals surface area contributed by atoms with Crippen molar-refractivity contribution in [3.05, 3.63) is 28.8 Å². The Labute approximate surface area is 138 Å². The molecular formula is C16H24Cl2N2O. The van der Waals surface area contributed by atoms with Crippen LogP contribution in [0, 0.1) is 18.8 Å². The smallest absolute Gasteiger partial charge is 0.224 e. The first-order chi connectivity index (χ1) is 9.56.